The summed E-state index contributed by atoms with van der Waals surface area (Å²) >= 11 is 5.59. The van der Waals surface area contributed by atoms with Gasteiger partial charge in [0.15, 0.2) is 11.6 Å². The summed E-state index contributed by atoms with van der Waals surface area (Å²) in [6, 6.07) is 2.65. The molecule has 0 saturated heterocycles. The van der Waals surface area contributed by atoms with Crippen LogP contribution in [0.15, 0.2) is 12.1 Å². The molecule has 1 aromatic carbocycles. The fourth-order valence-electron chi connectivity index (χ4n) is 1.28. The maximum atomic E-state index is 13.3. The summed E-state index contributed by atoms with van der Waals surface area (Å²) in [5.41, 5.74) is 5.97. The van der Waals surface area contributed by atoms with Crippen molar-refractivity contribution in [1.29, 1.82) is 0 Å². The van der Waals surface area contributed by atoms with Crippen molar-refractivity contribution >= 4 is 28.3 Å². The van der Waals surface area contributed by atoms with Crippen molar-refractivity contribution in [2.24, 2.45) is 0 Å². The average Bonchev–Trinajstić information content (AvgIpc) is 2.16. The highest BCUT2D eigenvalue weighted by atomic mass is 35.5. The zero-order chi connectivity index (χ0) is 11.0. The van der Waals surface area contributed by atoms with Gasteiger partial charge in [-0.1, -0.05) is 0 Å². The van der Waals surface area contributed by atoms with E-state index in [1.165, 1.54) is 19.2 Å². The fourth-order valence-corrected chi connectivity index (χ4v) is 1.46. The van der Waals surface area contributed by atoms with Crippen LogP contribution < -0.4 is 10.5 Å². The number of nitrogens with zero attached hydrogens (tertiary/aromatic N) is 2. The molecule has 1 aromatic heterocycles. The Hall–Kier alpha value is -1.62. The van der Waals surface area contributed by atoms with E-state index in [2.05, 4.69) is 9.97 Å². The van der Waals surface area contributed by atoms with Crippen molar-refractivity contribution in [3.8, 4) is 5.75 Å². The second-order valence-corrected chi connectivity index (χ2v) is 3.22. The summed E-state index contributed by atoms with van der Waals surface area (Å²) in [5, 5.41) is 0.502. The van der Waals surface area contributed by atoms with Crippen LogP contribution in [0.1, 0.15) is 0 Å². The van der Waals surface area contributed by atoms with Crippen LogP contribution in [-0.4, -0.2) is 17.1 Å². The number of aromatic nitrogens is 2. The molecular weight excluding hydrogens is 221 g/mol. The molecule has 78 valence electrons. The molecule has 2 N–H and O–H groups in total. The third-order valence-corrected chi connectivity index (χ3v) is 2.14. The topological polar surface area (TPSA) is 61.0 Å². The van der Waals surface area contributed by atoms with Crippen LogP contribution in [0.2, 0.25) is 5.28 Å². The number of nitrogen functional groups attached to an aromatic ring is 1. The van der Waals surface area contributed by atoms with Crippen LogP contribution >= 0.6 is 11.6 Å². The molecular formula is C9H7ClFN3O. The number of benzene rings is 1. The predicted octanol–water partition coefficient (Wildman–Crippen LogP) is 2.01. The Labute approximate surface area is 89.8 Å². The Kier molecular flexibility index (Phi) is 2.32. The van der Waals surface area contributed by atoms with E-state index in [9.17, 15) is 4.39 Å². The van der Waals surface area contributed by atoms with Gasteiger partial charge < -0.3 is 10.5 Å². The van der Waals surface area contributed by atoms with Gasteiger partial charge in [0.05, 0.1) is 12.6 Å². The molecule has 15 heavy (non-hydrogen) atoms. The zero-order valence-corrected chi connectivity index (χ0v) is 8.55. The van der Waals surface area contributed by atoms with Crippen LogP contribution in [0.25, 0.3) is 10.9 Å². The lowest BCUT2D eigenvalue weighted by Gasteiger charge is -2.05. The summed E-state index contributed by atoms with van der Waals surface area (Å²) in [6.45, 7) is 0. The van der Waals surface area contributed by atoms with E-state index in [0.717, 1.165) is 0 Å². The summed E-state index contributed by atoms with van der Waals surface area (Å²) in [6.07, 6.45) is 0. The van der Waals surface area contributed by atoms with E-state index in [4.69, 9.17) is 22.1 Å². The van der Waals surface area contributed by atoms with Gasteiger partial charge in [0, 0.05) is 11.5 Å². The largest absolute Gasteiger partial charge is 0.494 e. The first-order chi connectivity index (χ1) is 7.11. The van der Waals surface area contributed by atoms with Crippen molar-refractivity contribution in [3.63, 3.8) is 0 Å². The van der Waals surface area contributed by atoms with Crippen molar-refractivity contribution in [3.05, 3.63) is 23.2 Å². The van der Waals surface area contributed by atoms with Gasteiger partial charge in [-0.3, -0.25) is 0 Å². The first-order valence-corrected chi connectivity index (χ1v) is 4.46. The van der Waals surface area contributed by atoms with E-state index in [-0.39, 0.29) is 16.9 Å². The number of methoxy groups -OCH3 is 1. The highest BCUT2D eigenvalue weighted by Gasteiger charge is 2.09. The monoisotopic (exact) mass is 227 g/mol. The van der Waals surface area contributed by atoms with Gasteiger partial charge in [0.1, 0.15) is 5.82 Å². The molecule has 0 aliphatic heterocycles. The van der Waals surface area contributed by atoms with Crippen LogP contribution in [0.5, 0.6) is 5.75 Å². The average molecular weight is 228 g/mol. The van der Waals surface area contributed by atoms with E-state index < -0.39 is 5.82 Å². The quantitative estimate of drug-likeness (QED) is 0.757. The number of halogens is 2. The molecule has 0 aliphatic rings. The Morgan fingerprint density at radius 1 is 1.40 bits per heavy atom. The Balaban J connectivity index is 2.81. The van der Waals surface area contributed by atoms with Crippen LogP contribution in [0.4, 0.5) is 10.2 Å². The van der Waals surface area contributed by atoms with Gasteiger partial charge >= 0.3 is 0 Å². The molecule has 0 atom stereocenters. The molecule has 6 heteroatoms. The van der Waals surface area contributed by atoms with E-state index in [1.54, 1.807) is 0 Å². The van der Waals surface area contributed by atoms with Gasteiger partial charge in [0.25, 0.3) is 0 Å². The van der Waals surface area contributed by atoms with Crippen LogP contribution in [0.3, 0.4) is 0 Å². The number of fused-ring (bicyclic) bond motifs is 1. The normalized spacial score (nSPS) is 10.6. The number of hydrogen-bond acceptors (Lipinski definition) is 4. The highest BCUT2D eigenvalue weighted by molar-refractivity contribution is 6.28. The maximum Gasteiger partial charge on any atom is 0.224 e. The Bertz CT molecular complexity index is 532. The van der Waals surface area contributed by atoms with Gasteiger partial charge in [-0.2, -0.15) is 0 Å². The van der Waals surface area contributed by atoms with E-state index in [0.29, 0.717) is 10.9 Å². The summed E-state index contributed by atoms with van der Waals surface area (Å²) in [4.78, 5) is 7.61. The highest BCUT2D eigenvalue weighted by Crippen LogP contribution is 2.27. The minimum Gasteiger partial charge on any atom is -0.494 e. The summed E-state index contributed by atoms with van der Waals surface area (Å²) in [7, 11) is 1.37. The molecule has 0 amide bonds. The number of ether oxygens (including phenoxy) is 1. The molecule has 0 fully saturated rings. The zero-order valence-electron chi connectivity index (χ0n) is 7.79. The second-order valence-electron chi connectivity index (χ2n) is 2.88. The van der Waals surface area contributed by atoms with Crippen molar-refractivity contribution < 1.29 is 9.13 Å². The second kappa shape index (κ2) is 3.51. The van der Waals surface area contributed by atoms with Crippen molar-refractivity contribution in [2.75, 3.05) is 12.8 Å². The van der Waals surface area contributed by atoms with Gasteiger partial charge in [-0.15, -0.1) is 0 Å². The molecule has 4 nitrogen and oxygen atoms in total. The lowest BCUT2D eigenvalue weighted by atomic mass is 10.2. The summed E-state index contributed by atoms with van der Waals surface area (Å²) < 4.78 is 18.1. The van der Waals surface area contributed by atoms with Gasteiger partial charge in [-0.25, -0.2) is 14.4 Å². The molecule has 0 spiro atoms. The molecule has 1 heterocycles. The molecule has 0 bridgehead atoms. The minimum atomic E-state index is -0.515. The van der Waals surface area contributed by atoms with Crippen molar-refractivity contribution in [1.82, 2.24) is 9.97 Å². The lowest BCUT2D eigenvalue weighted by molar-refractivity contribution is 0.387. The van der Waals surface area contributed by atoms with Gasteiger partial charge in [-0.05, 0) is 17.7 Å². The smallest absolute Gasteiger partial charge is 0.224 e. The molecule has 0 saturated carbocycles. The molecule has 0 unspecified atom stereocenters. The third-order valence-electron chi connectivity index (χ3n) is 1.97. The number of hydrogen-bond donors (Lipinski definition) is 1. The van der Waals surface area contributed by atoms with Crippen molar-refractivity contribution in [2.45, 2.75) is 0 Å². The van der Waals surface area contributed by atoms with E-state index in [1.807, 2.05) is 0 Å². The summed E-state index contributed by atoms with van der Waals surface area (Å²) in [5.74, 6) is -0.220. The third kappa shape index (κ3) is 1.66. The Morgan fingerprint density at radius 2 is 2.13 bits per heavy atom. The predicted molar refractivity (Wildman–Crippen MR) is 55.5 cm³/mol. The minimum absolute atomic E-state index is 0.00966. The van der Waals surface area contributed by atoms with Crippen LogP contribution in [0, 0.1) is 5.82 Å². The lowest BCUT2D eigenvalue weighted by Crippen LogP contribution is -1.97. The maximum absolute atomic E-state index is 13.3. The standard InChI is InChI=1S/C9H7ClFN3O/c1-15-7-2-4-6(3-5(7)11)13-9(10)14-8(4)12/h2-3H,1H3,(H2,12,13,14). The Morgan fingerprint density at radius 3 is 2.80 bits per heavy atom. The SMILES string of the molecule is COc1cc2c(N)nc(Cl)nc2cc1F. The fraction of sp³-hybridized carbons (Fsp3) is 0.111. The molecule has 0 aliphatic carbocycles. The first kappa shape index (κ1) is 9.92. The molecule has 2 aromatic rings. The van der Waals surface area contributed by atoms with Gasteiger partial charge in [0.2, 0.25) is 5.28 Å². The number of anilines is 1. The van der Waals surface area contributed by atoms with Crippen LogP contribution in [-0.2, 0) is 0 Å². The van der Waals surface area contributed by atoms with E-state index >= 15 is 0 Å². The number of nitrogens with two attached hydrogens (primary N) is 1. The molecule has 0 radical (unpaired) electrons. The first-order valence-electron chi connectivity index (χ1n) is 4.08. The molecule has 2 rings (SSSR count). The number of rotatable bonds is 1.